The molecular formula is C14H16BrNO. The molecule has 1 aromatic carbocycles. The number of rotatable bonds is 1. The largest absolute Gasteiger partial charge is 0.333 e. The van der Waals surface area contributed by atoms with Crippen molar-refractivity contribution in [1.29, 1.82) is 0 Å². The van der Waals surface area contributed by atoms with Gasteiger partial charge < -0.3 is 4.90 Å². The number of benzene rings is 1. The summed E-state index contributed by atoms with van der Waals surface area (Å²) in [6, 6.07) is 6.06. The summed E-state index contributed by atoms with van der Waals surface area (Å²) in [7, 11) is 1.84. The lowest BCUT2D eigenvalue weighted by atomic mass is 10.0. The van der Waals surface area contributed by atoms with Crippen LogP contribution in [0.3, 0.4) is 0 Å². The zero-order chi connectivity index (χ0) is 12.8. The molecule has 0 saturated carbocycles. The maximum atomic E-state index is 12.2. The molecule has 90 valence electrons. The van der Waals surface area contributed by atoms with Gasteiger partial charge in [0.1, 0.15) is 0 Å². The number of carbonyl (C=O) groups is 1. The highest BCUT2D eigenvalue weighted by atomic mass is 79.9. The van der Waals surface area contributed by atoms with Crippen LogP contribution < -0.4 is 0 Å². The first kappa shape index (κ1) is 12.4. The average molecular weight is 294 g/mol. The molecule has 0 unspecified atom stereocenters. The molecule has 0 saturated heterocycles. The lowest BCUT2D eigenvalue weighted by Crippen LogP contribution is -2.38. The third kappa shape index (κ3) is 2.04. The minimum Gasteiger partial charge on any atom is -0.333 e. The lowest BCUT2D eigenvalue weighted by Gasteiger charge is -2.26. The Bertz CT molecular complexity index is 517. The molecule has 1 aliphatic heterocycles. The van der Waals surface area contributed by atoms with E-state index in [9.17, 15) is 4.79 Å². The van der Waals surface area contributed by atoms with E-state index < -0.39 is 0 Å². The molecule has 0 spiro atoms. The summed E-state index contributed by atoms with van der Waals surface area (Å²) >= 11 is 3.53. The quantitative estimate of drug-likeness (QED) is 0.777. The minimum atomic E-state index is -0.212. The van der Waals surface area contributed by atoms with Crippen LogP contribution in [0.15, 0.2) is 28.7 Å². The maximum Gasteiger partial charge on any atom is 0.254 e. The third-order valence-electron chi connectivity index (χ3n) is 3.31. The van der Waals surface area contributed by atoms with Gasteiger partial charge in [-0.25, -0.2) is 0 Å². The fourth-order valence-corrected chi connectivity index (χ4v) is 2.69. The summed E-state index contributed by atoms with van der Waals surface area (Å²) in [5, 5.41) is 0. The molecule has 1 heterocycles. The van der Waals surface area contributed by atoms with Gasteiger partial charge in [0.25, 0.3) is 5.91 Å². The van der Waals surface area contributed by atoms with E-state index in [1.165, 1.54) is 5.56 Å². The highest BCUT2D eigenvalue weighted by molar-refractivity contribution is 9.10. The molecule has 0 atom stereocenters. The molecule has 1 amide bonds. The van der Waals surface area contributed by atoms with Gasteiger partial charge in [0.15, 0.2) is 0 Å². The molecular weight excluding hydrogens is 278 g/mol. The number of hydrogen-bond acceptors (Lipinski definition) is 1. The minimum absolute atomic E-state index is 0.0829. The smallest absolute Gasteiger partial charge is 0.254 e. The van der Waals surface area contributed by atoms with Crippen molar-refractivity contribution in [3.8, 4) is 0 Å². The first-order chi connectivity index (χ1) is 7.83. The fraction of sp³-hybridized carbons (Fsp3) is 0.357. The normalized spacial score (nSPS) is 18.5. The van der Waals surface area contributed by atoms with Crippen LogP contribution in [0.4, 0.5) is 0 Å². The van der Waals surface area contributed by atoms with E-state index in [1.807, 2.05) is 52.1 Å². The summed E-state index contributed by atoms with van der Waals surface area (Å²) < 4.78 is 0.975. The van der Waals surface area contributed by atoms with E-state index in [2.05, 4.69) is 15.9 Å². The van der Waals surface area contributed by atoms with Crippen LogP contribution in [0, 0.1) is 6.92 Å². The van der Waals surface area contributed by atoms with Crippen LogP contribution in [-0.4, -0.2) is 23.4 Å². The van der Waals surface area contributed by atoms with E-state index in [0.29, 0.717) is 0 Å². The van der Waals surface area contributed by atoms with Crippen molar-refractivity contribution in [2.75, 3.05) is 7.05 Å². The average Bonchev–Trinajstić information content (AvgIpc) is 2.42. The zero-order valence-corrected chi connectivity index (χ0v) is 12.1. The number of hydrogen-bond donors (Lipinski definition) is 0. The van der Waals surface area contributed by atoms with E-state index in [0.717, 1.165) is 15.6 Å². The highest BCUT2D eigenvalue weighted by Gasteiger charge is 2.36. The van der Waals surface area contributed by atoms with Gasteiger partial charge in [0.05, 0.1) is 5.54 Å². The SMILES string of the molecule is Cc1ccc(C2=CC(C)(C)N(C)C2=O)c(Br)c1. The first-order valence-corrected chi connectivity index (χ1v) is 6.40. The summed E-state index contributed by atoms with van der Waals surface area (Å²) in [4.78, 5) is 14.0. The van der Waals surface area contributed by atoms with Crippen LogP contribution in [0.1, 0.15) is 25.0 Å². The van der Waals surface area contributed by atoms with Gasteiger partial charge in [-0.3, -0.25) is 4.79 Å². The molecule has 17 heavy (non-hydrogen) atoms. The van der Waals surface area contributed by atoms with E-state index >= 15 is 0 Å². The van der Waals surface area contributed by atoms with Crippen molar-refractivity contribution >= 4 is 27.4 Å². The van der Waals surface area contributed by atoms with Gasteiger partial charge in [-0.05, 0) is 38.5 Å². The van der Waals surface area contributed by atoms with Gasteiger partial charge in [-0.2, -0.15) is 0 Å². The van der Waals surface area contributed by atoms with Crippen LogP contribution in [0.5, 0.6) is 0 Å². The van der Waals surface area contributed by atoms with Gasteiger partial charge in [-0.15, -0.1) is 0 Å². The number of nitrogens with zero attached hydrogens (tertiary/aromatic N) is 1. The zero-order valence-electron chi connectivity index (χ0n) is 10.5. The molecule has 0 aliphatic carbocycles. The van der Waals surface area contributed by atoms with Crippen molar-refractivity contribution < 1.29 is 4.79 Å². The molecule has 2 rings (SSSR count). The lowest BCUT2D eigenvalue weighted by molar-refractivity contribution is -0.125. The number of halogens is 1. The van der Waals surface area contributed by atoms with Crippen molar-refractivity contribution in [1.82, 2.24) is 4.90 Å². The Morgan fingerprint density at radius 1 is 1.29 bits per heavy atom. The van der Waals surface area contributed by atoms with E-state index in [-0.39, 0.29) is 11.4 Å². The van der Waals surface area contributed by atoms with Crippen molar-refractivity contribution in [2.24, 2.45) is 0 Å². The predicted octanol–water partition coefficient (Wildman–Crippen LogP) is 3.39. The Kier molecular flexibility index (Phi) is 2.90. The summed E-state index contributed by atoms with van der Waals surface area (Å²) in [6.07, 6.45) is 2.03. The van der Waals surface area contributed by atoms with Gasteiger partial charge in [0, 0.05) is 22.7 Å². The fourth-order valence-electron chi connectivity index (χ4n) is 1.99. The molecule has 0 bridgehead atoms. The number of amides is 1. The highest BCUT2D eigenvalue weighted by Crippen LogP contribution is 2.35. The Balaban J connectivity index is 2.52. The summed E-state index contributed by atoms with van der Waals surface area (Å²) in [5.74, 6) is 0.0829. The van der Waals surface area contributed by atoms with Crippen molar-refractivity contribution in [3.63, 3.8) is 0 Å². The molecule has 0 fully saturated rings. The van der Waals surface area contributed by atoms with Crippen LogP contribution in [0.2, 0.25) is 0 Å². The Morgan fingerprint density at radius 2 is 1.94 bits per heavy atom. The Hall–Kier alpha value is -1.09. The molecule has 0 aromatic heterocycles. The van der Waals surface area contributed by atoms with Crippen LogP contribution >= 0.6 is 15.9 Å². The molecule has 1 aromatic rings. The maximum absolute atomic E-state index is 12.2. The van der Waals surface area contributed by atoms with Crippen LogP contribution in [-0.2, 0) is 4.79 Å². The van der Waals surface area contributed by atoms with Crippen LogP contribution in [0.25, 0.3) is 5.57 Å². The van der Waals surface area contributed by atoms with Gasteiger partial charge >= 0.3 is 0 Å². The standard InChI is InChI=1S/C14H16BrNO/c1-9-5-6-10(12(15)7-9)11-8-14(2,3)16(4)13(11)17/h5-8H,1-4H3. The molecule has 0 radical (unpaired) electrons. The first-order valence-electron chi connectivity index (χ1n) is 5.60. The van der Waals surface area contributed by atoms with E-state index in [4.69, 9.17) is 0 Å². The molecule has 3 heteroatoms. The van der Waals surface area contributed by atoms with Crippen molar-refractivity contribution in [2.45, 2.75) is 26.3 Å². The van der Waals surface area contributed by atoms with Gasteiger partial charge in [-0.1, -0.05) is 28.1 Å². The molecule has 0 N–H and O–H groups in total. The number of likely N-dealkylation sites (N-methyl/N-ethyl adjacent to an activating group) is 1. The predicted molar refractivity (Wildman–Crippen MR) is 73.7 cm³/mol. The summed E-state index contributed by atoms with van der Waals surface area (Å²) in [5.41, 5.74) is 2.72. The second-order valence-electron chi connectivity index (χ2n) is 5.06. The Labute approximate surface area is 110 Å². The van der Waals surface area contributed by atoms with Gasteiger partial charge in [0.2, 0.25) is 0 Å². The third-order valence-corrected chi connectivity index (χ3v) is 3.97. The molecule has 1 aliphatic rings. The number of carbonyl (C=O) groups excluding carboxylic acids is 1. The monoisotopic (exact) mass is 293 g/mol. The second kappa shape index (κ2) is 3.98. The second-order valence-corrected chi connectivity index (χ2v) is 5.91. The summed E-state index contributed by atoms with van der Waals surface area (Å²) in [6.45, 7) is 6.12. The Morgan fingerprint density at radius 3 is 2.41 bits per heavy atom. The topological polar surface area (TPSA) is 20.3 Å². The molecule has 2 nitrogen and oxygen atoms in total. The number of aryl methyl sites for hydroxylation is 1. The van der Waals surface area contributed by atoms with E-state index in [1.54, 1.807) is 4.90 Å². The van der Waals surface area contributed by atoms with Crippen molar-refractivity contribution in [3.05, 3.63) is 39.9 Å².